The third-order valence-electron chi connectivity index (χ3n) is 2.48. The van der Waals surface area contributed by atoms with Crippen LogP contribution in [0.1, 0.15) is 6.92 Å². The van der Waals surface area contributed by atoms with Gasteiger partial charge in [0.15, 0.2) is 6.29 Å². The minimum atomic E-state index is -1.27. The molecule has 0 aromatic carbocycles. The van der Waals surface area contributed by atoms with Gasteiger partial charge < -0.3 is 30.1 Å². The van der Waals surface area contributed by atoms with Crippen molar-refractivity contribution in [2.75, 3.05) is 13.7 Å². The summed E-state index contributed by atoms with van der Waals surface area (Å²) in [4.78, 5) is 10.9. The van der Waals surface area contributed by atoms with E-state index in [0.29, 0.717) is 0 Å². The lowest BCUT2D eigenvalue weighted by molar-refractivity contribution is -0.262. The van der Waals surface area contributed by atoms with Crippen molar-refractivity contribution in [3.8, 4) is 0 Å². The van der Waals surface area contributed by atoms with Crippen molar-refractivity contribution in [1.82, 2.24) is 5.32 Å². The van der Waals surface area contributed by atoms with Crippen molar-refractivity contribution in [3.05, 3.63) is 0 Å². The number of carbonyl (C=O) groups excluding carboxylic acids is 1. The fourth-order valence-corrected chi connectivity index (χ4v) is 1.67. The van der Waals surface area contributed by atoms with Gasteiger partial charge in [-0.2, -0.15) is 0 Å². The number of ether oxygens (including phenoxy) is 2. The summed E-state index contributed by atoms with van der Waals surface area (Å²) in [6.07, 6.45) is -4.35. The number of methoxy groups -OCH3 is 1. The largest absolute Gasteiger partial charge is 0.394 e. The Labute approximate surface area is 93.0 Å². The predicted molar refractivity (Wildman–Crippen MR) is 52.4 cm³/mol. The van der Waals surface area contributed by atoms with Gasteiger partial charge in [-0.15, -0.1) is 0 Å². The van der Waals surface area contributed by atoms with E-state index in [-0.39, 0.29) is 5.91 Å². The van der Waals surface area contributed by atoms with Gasteiger partial charge in [0.2, 0.25) is 5.91 Å². The summed E-state index contributed by atoms with van der Waals surface area (Å²) in [5.41, 5.74) is 0. The standard InChI is InChI=1S/C9H17NO6/c1-4(12)10-6-8(14)7(13)5(3-11)16-9(6)15-2/h5-9,11,13-14H,3H2,1-2H3,(H,10,12)/t5-,6-,7-,8-,9+/m0/s1. The zero-order valence-corrected chi connectivity index (χ0v) is 9.16. The highest BCUT2D eigenvalue weighted by Crippen LogP contribution is 2.21. The van der Waals surface area contributed by atoms with Gasteiger partial charge in [-0.25, -0.2) is 0 Å². The molecular formula is C9H17NO6. The molecule has 0 aromatic heterocycles. The molecule has 7 nitrogen and oxygen atoms in total. The maximum absolute atomic E-state index is 10.9. The van der Waals surface area contributed by atoms with Crippen molar-refractivity contribution in [1.29, 1.82) is 0 Å². The van der Waals surface area contributed by atoms with Gasteiger partial charge in [-0.05, 0) is 0 Å². The summed E-state index contributed by atoms with van der Waals surface area (Å²) >= 11 is 0. The lowest BCUT2D eigenvalue weighted by Gasteiger charge is -2.41. The molecule has 0 spiro atoms. The van der Waals surface area contributed by atoms with E-state index < -0.39 is 37.3 Å². The highest BCUT2D eigenvalue weighted by atomic mass is 16.7. The number of amides is 1. The summed E-state index contributed by atoms with van der Waals surface area (Å²) in [5, 5.41) is 30.7. The fourth-order valence-electron chi connectivity index (χ4n) is 1.67. The second-order valence-corrected chi connectivity index (χ2v) is 3.67. The average molecular weight is 235 g/mol. The van der Waals surface area contributed by atoms with Crippen LogP contribution in [0.3, 0.4) is 0 Å². The highest BCUT2D eigenvalue weighted by molar-refractivity contribution is 5.73. The van der Waals surface area contributed by atoms with Crippen LogP contribution in [0, 0.1) is 0 Å². The Morgan fingerprint density at radius 3 is 2.50 bits per heavy atom. The van der Waals surface area contributed by atoms with Crippen LogP contribution in [-0.2, 0) is 14.3 Å². The predicted octanol–water partition coefficient (Wildman–Crippen LogP) is -2.42. The minimum Gasteiger partial charge on any atom is -0.394 e. The molecule has 4 N–H and O–H groups in total. The number of aliphatic hydroxyl groups excluding tert-OH is 3. The Hall–Kier alpha value is -0.730. The molecule has 0 unspecified atom stereocenters. The first-order chi connectivity index (χ1) is 7.51. The van der Waals surface area contributed by atoms with E-state index in [4.69, 9.17) is 14.6 Å². The van der Waals surface area contributed by atoms with Gasteiger partial charge in [0, 0.05) is 14.0 Å². The topological polar surface area (TPSA) is 108 Å². The maximum Gasteiger partial charge on any atom is 0.217 e. The summed E-state index contributed by atoms with van der Waals surface area (Å²) in [5.74, 6) is -0.371. The van der Waals surface area contributed by atoms with Crippen molar-refractivity contribution < 1.29 is 29.6 Å². The van der Waals surface area contributed by atoms with E-state index in [2.05, 4.69) is 5.32 Å². The summed E-state index contributed by atoms with van der Waals surface area (Å²) in [7, 11) is 1.35. The van der Waals surface area contributed by atoms with Crippen molar-refractivity contribution in [3.63, 3.8) is 0 Å². The molecule has 1 amide bonds. The van der Waals surface area contributed by atoms with Crippen molar-refractivity contribution >= 4 is 5.91 Å². The van der Waals surface area contributed by atoms with E-state index in [9.17, 15) is 15.0 Å². The lowest BCUT2D eigenvalue weighted by atomic mass is 9.97. The monoisotopic (exact) mass is 235 g/mol. The van der Waals surface area contributed by atoms with Crippen LogP contribution >= 0.6 is 0 Å². The van der Waals surface area contributed by atoms with Gasteiger partial charge in [-0.1, -0.05) is 0 Å². The molecule has 0 radical (unpaired) electrons. The normalized spacial score (nSPS) is 39.4. The number of rotatable bonds is 3. The van der Waals surface area contributed by atoms with Crippen LogP contribution in [0.2, 0.25) is 0 Å². The molecule has 0 saturated carbocycles. The molecule has 94 valence electrons. The molecule has 0 bridgehead atoms. The van der Waals surface area contributed by atoms with E-state index in [1.165, 1.54) is 14.0 Å². The lowest BCUT2D eigenvalue weighted by Crippen LogP contribution is -2.64. The maximum atomic E-state index is 10.9. The number of hydrogen-bond acceptors (Lipinski definition) is 6. The summed E-state index contributed by atoms with van der Waals surface area (Å²) in [6, 6.07) is -0.861. The number of aliphatic hydroxyl groups is 3. The third-order valence-corrected chi connectivity index (χ3v) is 2.48. The molecule has 1 saturated heterocycles. The van der Waals surface area contributed by atoms with Crippen LogP contribution in [0.25, 0.3) is 0 Å². The van der Waals surface area contributed by atoms with Crippen molar-refractivity contribution in [2.24, 2.45) is 0 Å². The quantitative estimate of drug-likeness (QED) is 0.433. The number of carbonyl (C=O) groups is 1. The molecular weight excluding hydrogens is 218 g/mol. The van der Waals surface area contributed by atoms with Crippen LogP contribution in [0.15, 0.2) is 0 Å². The van der Waals surface area contributed by atoms with Gasteiger partial charge >= 0.3 is 0 Å². The molecule has 0 aromatic rings. The smallest absolute Gasteiger partial charge is 0.217 e. The minimum absolute atomic E-state index is 0.371. The number of nitrogens with one attached hydrogen (secondary N) is 1. The van der Waals surface area contributed by atoms with Crippen LogP contribution in [0.4, 0.5) is 0 Å². The molecule has 0 aliphatic carbocycles. The van der Waals surface area contributed by atoms with Crippen LogP contribution in [-0.4, -0.2) is 65.6 Å². The van der Waals surface area contributed by atoms with E-state index in [1.807, 2.05) is 0 Å². The molecule has 1 heterocycles. The fraction of sp³-hybridized carbons (Fsp3) is 0.889. The Morgan fingerprint density at radius 1 is 1.44 bits per heavy atom. The first kappa shape index (κ1) is 13.3. The molecule has 1 aliphatic rings. The van der Waals surface area contributed by atoms with Crippen LogP contribution < -0.4 is 5.32 Å². The zero-order valence-electron chi connectivity index (χ0n) is 9.16. The molecule has 1 aliphatic heterocycles. The second kappa shape index (κ2) is 5.55. The first-order valence-corrected chi connectivity index (χ1v) is 4.93. The summed E-state index contributed by atoms with van der Waals surface area (Å²) < 4.78 is 10.1. The van der Waals surface area contributed by atoms with E-state index >= 15 is 0 Å². The summed E-state index contributed by atoms with van der Waals surface area (Å²) in [6.45, 7) is 0.842. The third kappa shape index (κ3) is 2.69. The molecule has 16 heavy (non-hydrogen) atoms. The van der Waals surface area contributed by atoms with E-state index in [0.717, 1.165) is 0 Å². The van der Waals surface area contributed by atoms with Gasteiger partial charge in [0.1, 0.15) is 24.4 Å². The highest BCUT2D eigenvalue weighted by Gasteiger charge is 2.44. The first-order valence-electron chi connectivity index (χ1n) is 4.93. The molecule has 1 rings (SSSR count). The molecule has 1 fully saturated rings. The van der Waals surface area contributed by atoms with Gasteiger partial charge in [0.25, 0.3) is 0 Å². The number of hydrogen-bond donors (Lipinski definition) is 4. The van der Waals surface area contributed by atoms with Crippen LogP contribution in [0.5, 0.6) is 0 Å². The van der Waals surface area contributed by atoms with Gasteiger partial charge in [0.05, 0.1) is 6.61 Å². The molecule has 7 heteroatoms. The Kier molecular flexibility index (Phi) is 4.63. The Bertz CT molecular complexity index is 246. The van der Waals surface area contributed by atoms with Crippen molar-refractivity contribution in [2.45, 2.75) is 37.6 Å². The second-order valence-electron chi connectivity index (χ2n) is 3.67. The average Bonchev–Trinajstić information content (AvgIpc) is 2.25. The Morgan fingerprint density at radius 2 is 2.06 bits per heavy atom. The van der Waals surface area contributed by atoms with E-state index in [1.54, 1.807) is 0 Å². The Balaban J connectivity index is 2.77. The molecule has 5 atom stereocenters. The van der Waals surface area contributed by atoms with Gasteiger partial charge in [-0.3, -0.25) is 4.79 Å². The SMILES string of the molecule is CO[C@@H]1O[C@@H](CO)[C@H](O)[C@@H](O)[C@@H]1NC(C)=O. The zero-order chi connectivity index (χ0) is 12.3.